The van der Waals surface area contributed by atoms with Crippen LogP contribution >= 0.6 is 11.6 Å². The van der Waals surface area contributed by atoms with Crippen molar-refractivity contribution in [2.75, 3.05) is 0 Å². The van der Waals surface area contributed by atoms with Crippen molar-refractivity contribution < 1.29 is 5.11 Å². The van der Waals surface area contributed by atoms with Crippen LogP contribution in [0.1, 0.15) is 75.7 Å². The molecule has 0 saturated heterocycles. The fourth-order valence-electron chi connectivity index (χ4n) is 2.87. The van der Waals surface area contributed by atoms with E-state index < -0.39 is 6.10 Å². The van der Waals surface area contributed by atoms with Crippen molar-refractivity contribution in [2.45, 2.75) is 64.4 Å². The molecule has 1 aromatic heterocycles. The van der Waals surface area contributed by atoms with Crippen molar-refractivity contribution in [1.29, 1.82) is 0 Å². The summed E-state index contributed by atoms with van der Waals surface area (Å²) in [5.74, 6) is 0.257. The van der Waals surface area contributed by atoms with E-state index in [1.807, 2.05) is 7.05 Å². The summed E-state index contributed by atoms with van der Waals surface area (Å²) in [6, 6.07) is 0. The summed E-state index contributed by atoms with van der Waals surface area (Å²) in [7, 11) is 1.83. The zero-order valence-corrected chi connectivity index (χ0v) is 13.5. The van der Waals surface area contributed by atoms with E-state index in [4.69, 9.17) is 11.6 Å². The molecule has 3 nitrogen and oxygen atoms in total. The molecule has 0 radical (unpaired) electrons. The second-order valence-electron chi connectivity index (χ2n) is 6.00. The van der Waals surface area contributed by atoms with Gasteiger partial charge in [0.05, 0.1) is 5.69 Å². The normalized spacial score (nSPS) is 18.6. The molecule has 1 atom stereocenters. The fraction of sp³-hybridized carbons (Fsp3) is 0.688. The summed E-state index contributed by atoms with van der Waals surface area (Å²) in [5.41, 5.74) is 2.82. The lowest BCUT2D eigenvalue weighted by Crippen LogP contribution is -2.07. The van der Waals surface area contributed by atoms with Crippen molar-refractivity contribution >= 4 is 11.6 Å². The van der Waals surface area contributed by atoms with Crippen molar-refractivity contribution in [3.8, 4) is 0 Å². The van der Waals surface area contributed by atoms with Gasteiger partial charge in [0.25, 0.3) is 0 Å². The molecule has 0 aromatic carbocycles. The molecule has 1 aliphatic rings. The number of allylic oxidation sites excluding steroid dienone is 1. The molecule has 0 spiro atoms. The Kier molecular flexibility index (Phi) is 5.28. The van der Waals surface area contributed by atoms with Crippen molar-refractivity contribution in [3.05, 3.63) is 28.1 Å². The zero-order chi connectivity index (χ0) is 14.7. The number of aliphatic hydroxyl groups excluding tert-OH is 1. The van der Waals surface area contributed by atoms with E-state index >= 15 is 0 Å². The van der Waals surface area contributed by atoms with Gasteiger partial charge in [0.15, 0.2) is 0 Å². The Labute approximate surface area is 126 Å². The lowest BCUT2D eigenvalue weighted by molar-refractivity contribution is 0.208. The predicted molar refractivity (Wildman–Crippen MR) is 83.1 cm³/mol. The Morgan fingerprint density at radius 3 is 2.65 bits per heavy atom. The summed E-state index contributed by atoms with van der Waals surface area (Å²) >= 11 is 6.36. The lowest BCUT2D eigenvalue weighted by Gasteiger charge is -2.19. The van der Waals surface area contributed by atoms with Gasteiger partial charge in [-0.1, -0.05) is 44.4 Å². The Hall–Kier alpha value is -0.800. The van der Waals surface area contributed by atoms with Crippen LogP contribution in [0.25, 0.3) is 0 Å². The second kappa shape index (κ2) is 6.77. The Morgan fingerprint density at radius 2 is 1.95 bits per heavy atom. The molecule has 1 heterocycles. The molecular weight excluding hydrogens is 272 g/mol. The van der Waals surface area contributed by atoms with Gasteiger partial charge in [0, 0.05) is 12.6 Å². The molecule has 0 fully saturated rings. The maximum Gasteiger partial charge on any atom is 0.133 e. The first-order chi connectivity index (χ1) is 9.52. The van der Waals surface area contributed by atoms with Crippen LogP contribution in [-0.2, 0) is 7.05 Å². The van der Waals surface area contributed by atoms with Gasteiger partial charge in [0.2, 0.25) is 0 Å². The summed E-state index contributed by atoms with van der Waals surface area (Å²) in [5, 5.41) is 15.8. The average Bonchev–Trinajstić information content (AvgIpc) is 2.65. The number of aliphatic hydroxyl groups is 1. The van der Waals surface area contributed by atoms with E-state index in [0.717, 1.165) is 36.1 Å². The quantitative estimate of drug-likeness (QED) is 0.833. The van der Waals surface area contributed by atoms with Gasteiger partial charge in [-0.15, -0.1) is 0 Å². The molecule has 2 rings (SSSR count). The van der Waals surface area contributed by atoms with E-state index in [-0.39, 0.29) is 5.92 Å². The average molecular weight is 297 g/mol. The summed E-state index contributed by atoms with van der Waals surface area (Å²) in [6.07, 6.45) is 8.53. The van der Waals surface area contributed by atoms with Gasteiger partial charge in [-0.2, -0.15) is 5.10 Å². The molecule has 112 valence electrons. The van der Waals surface area contributed by atoms with Crippen LogP contribution < -0.4 is 0 Å². The van der Waals surface area contributed by atoms with E-state index in [1.165, 1.54) is 19.3 Å². The van der Waals surface area contributed by atoms with Crippen LogP contribution in [0.5, 0.6) is 0 Å². The third kappa shape index (κ3) is 3.26. The van der Waals surface area contributed by atoms with Crippen LogP contribution in [0.4, 0.5) is 0 Å². The van der Waals surface area contributed by atoms with Gasteiger partial charge >= 0.3 is 0 Å². The van der Waals surface area contributed by atoms with Gasteiger partial charge in [-0.05, 0) is 37.2 Å². The minimum atomic E-state index is -0.605. The number of hydrogen-bond acceptors (Lipinski definition) is 2. The number of aryl methyl sites for hydroxylation is 1. The fourth-order valence-corrected chi connectivity index (χ4v) is 3.11. The van der Waals surface area contributed by atoms with Gasteiger partial charge in [0.1, 0.15) is 11.3 Å². The minimum absolute atomic E-state index is 0.257. The predicted octanol–water partition coefficient (Wildman–Crippen LogP) is 4.51. The first-order valence-corrected chi connectivity index (χ1v) is 7.99. The van der Waals surface area contributed by atoms with Gasteiger partial charge in [-0.25, -0.2) is 0 Å². The largest absolute Gasteiger partial charge is 0.384 e. The van der Waals surface area contributed by atoms with E-state index in [2.05, 4.69) is 25.0 Å². The monoisotopic (exact) mass is 296 g/mol. The maximum absolute atomic E-state index is 10.8. The number of nitrogens with zero attached hydrogens (tertiary/aromatic N) is 2. The molecule has 4 heteroatoms. The van der Waals surface area contributed by atoms with Gasteiger partial charge in [-0.3, -0.25) is 4.68 Å². The smallest absolute Gasteiger partial charge is 0.133 e. The summed E-state index contributed by atoms with van der Waals surface area (Å²) < 4.78 is 1.67. The highest BCUT2D eigenvalue weighted by Crippen LogP contribution is 2.36. The molecule has 20 heavy (non-hydrogen) atoms. The standard InChI is InChI=1S/C16H25ClN2O/c1-11(2)14-13(16(17)19(3)18-14)15(20)12-9-7-5-4-6-8-10-12/h9,11,15,20H,4-8,10H2,1-3H3. The number of rotatable bonds is 3. The van der Waals surface area contributed by atoms with Crippen LogP contribution in [0.15, 0.2) is 11.6 Å². The molecule has 1 aliphatic carbocycles. The highest BCUT2D eigenvalue weighted by atomic mass is 35.5. The Bertz CT molecular complexity index is 491. The molecule has 0 aliphatic heterocycles. The van der Waals surface area contributed by atoms with Crippen molar-refractivity contribution in [2.24, 2.45) is 7.05 Å². The third-order valence-corrected chi connectivity index (χ3v) is 4.49. The van der Waals surface area contributed by atoms with Crippen molar-refractivity contribution in [1.82, 2.24) is 9.78 Å². The molecule has 1 N–H and O–H groups in total. The molecule has 0 amide bonds. The number of hydrogen-bond donors (Lipinski definition) is 1. The first-order valence-electron chi connectivity index (χ1n) is 7.61. The van der Waals surface area contributed by atoms with Crippen LogP contribution in [-0.4, -0.2) is 14.9 Å². The third-order valence-electron chi connectivity index (χ3n) is 4.04. The molecule has 1 aromatic rings. The van der Waals surface area contributed by atoms with E-state index in [0.29, 0.717) is 5.15 Å². The first kappa shape index (κ1) is 15.6. The molecule has 0 bridgehead atoms. The zero-order valence-electron chi connectivity index (χ0n) is 12.7. The summed E-state index contributed by atoms with van der Waals surface area (Å²) in [4.78, 5) is 0. The van der Waals surface area contributed by atoms with E-state index in [1.54, 1.807) is 4.68 Å². The van der Waals surface area contributed by atoms with Crippen LogP contribution in [0.2, 0.25) is 5.15 Å². The summed E-state index contributed by atoms with van der Waals surface area (Å²) in [6.45, 7) is 4.17. The van der Waals surface area contributed by atoms with Crippen LogP contribution in [0, 0.1) is 0 Å². The Morgan fingerprint density at radius 1 is 1.25 bits per heavy atom. The topological polar surface area (TPSA) is 38.0 Å². The van der Waals surface area contributed by atoms with Crippen molar-refractivity contribution in [3.63, 3.8) is 0 Å². The number of aromatic nitrogens is 2. The van der Waals surface area contributed by atoms with E-state index in [9.17, 15) is 5.11 Å². The highest BCUT2D eigenvalue weighted by molar-refractivity contribution is 6.30. The lowest BCUT2D eigenvalue weighted by atomic mass is 9.91. The minimum Gasteiger partial charge on any atom is -0.384 e. The maximum atomic E-state index is 10.8. The second-order valence-corrected chi connectivity index (χ2v) is 6.36. The molecule has 1 unspecified atom stereocenters. The number of halogens is 1. The SMILES string of the molecule is CC(C)c1nn(C)c(Cl)c1C(O)C1=CCCCCCC1. The van der Waals surface area contributed by atoms with Gasteiger partial charge < -0.3 is 5.11 Å². The highest BCUT2D eigenvalue weighted by Gasteiger charge is 2.26. The molecule has 0 saturated carbocycles. The van der Waals surface area contributed by atoms with Crippen LogP contribution in [0.3, 0.4) is 0 Å². The Balaban J connectivity index is 2.34. The molecular formula is C16H25ClN2O.